The molecule has 3 rings (SSSR count). The van der Waals surface area contributed by atoms with E-state index < -0.39 is 0 Å². The lowest BCUT2D eigenvalue weighted by atomic mass is 10.3. The van der Waals surface area contributed by atoms with Crippen LogP contribution in [-0.4, -0.2) is 35.6 Å². The van der Waals surface area contributed by atoms with Crippen LogP contribution in [0.4, 0.5) is 16.5 Å². The molecule has 2 aromatic carbocycles. The molecule has 9 heteroatoms. The zero-order chi connectivity index (χ0) is 19.8. The van der Waals surface area contributed by atoms with Gasteiger partial charge in [-0.25, -0.2) is 0 Å². The summed E-state index contributed by atoms with van der Waals surface area (Å²) in [4.78, 5) is 12.3. The minimum absolute atomic E-state index is 0.130. The average Bonchev–Trinajstić information content (AvgIpc) is 3.15. The summed E-state index contributed by atoms with van der Waals surface area (Å²) in [7, 11) is 1.62. The van der Waals surface area contributed by atoms with Crippen molar-refractivity contribution in [2.45, 2.75) is 11.3 Å². The number of methoxy groups -OCH3 is 1. The number of nitrogens with one attached hydrogen (secondary N) is 2. The standard InChI is InChI=1S/C19H20N4O3S2/c1-3-26-16-10-5-4-9-15(16)21-17(24)12-27-19-23-22-18(28-19)20-13-7-6-8-14(11-13)25-2/h4-11H,3,12H2,1-2H3,(H,20,22)(H,21,24). The number of nitrogens with zero attached hydrogens (tertiary/aromatic N) is 2. The van der Waals surface area contributed by atoms with Crippen LogP contribution in [0.5, 0.6) is 11.5 Å². The van der Waals surface area contributed by atoms with E-state index in [4.69, 9.17) is 9.47 Å². The van der Waals surface area contributed by atoms with E-state index in [1.807, 2.05) is 55.5 Å². The number of thioether (sulfide) groups is 1. The Balaban J connectivity index is 1.53. The van der Waals surface area contributed by atoms with Gasteiger partial charge in [-0.3, -0.25) is 4.79 Å². The van der Waals surface area contributed by atoms with Crippen LogP contribution >= 0.6 is 23.1 Å². The molecule has 0 aliphatic rings. The van der Waals surface area contributed by atoms with Gasteiger partial charge in [0.15, 0.2) is 4.34 Å². The molecule has 0 radical (unpaired) electrons. The minimum Gasteiger partial charge on any atom is -0.497 e. The van der Waals surface area contributed by atoms with Crippen molar-refractivity contribution in [1.29, 1.82) is 0 Å². The summed E-state index contributed by atoms with van der Waals surface area (Å²) in [5.74, 6) is 1.51. The number of rotatable bonds is 9. The van der Waals surface area contributed by atoms with E-state index in [0.717, 1.165) is 11.4 Å². The van der Waals surface area contributed by atoms with Crippen molar-refractivity contribution in [2.75, 3.05) is 30.1 Å². The van der Waals surface area contributed by atoms with Gasteiger partial charge in [-0.15, -0.1) is 10.2 Å². The van der Waals surface area contributed by atoms with Gasteiger partial charge in [0.2, 0.25) is 11.0 Å². The molecule has 0 spiro atoms. The second-order valence-corrected chi connectivity index (χ2v) is 7.70. The van der Waals surface area contributed by atoms with Gasteiger partial charge in [-0.05, 0) is 31.2 Å². The van der Waals surface area contributed by atoms with E-state index in [9.17, 15) is 4.79 Å². The van der Waals surface area contributed by atoms with Crippen molar-refractivity contribution < 1.29 is 14.3 Å². The van der Waals surface area contributed by atoms with Crippen LogP contribution in [0.1, 0.15) is 6.92 Å². The van der Waals surface area contributed by atoms with E-state index in [-0.39, 0.29) is 11.7 Å². The van der Waals surface area contributed by atoms with Crippen LogP contribution in [0.3, 0.4) is 0 Å². The van der Waals surface area contributed by atoms with Crippen LogP contribution in [-0.2, 0) is 4.79 Å². The summed E-state index contributed by atoms with van der Waals surface area (Å²) < 4.78 is 11.4. The Bertz CT molecular complexity index is 933. The molecule has 28 heavy (non-hydrogen) atoms. The van der Waals surface area contributed by atoms with Crippen LogP contribution in [0.2, 0.25) is 0 Å². The predicted octanol–water partition coefficient (Wildman–Crippen LogP) is 4.42. The highest BCUT2D eigenvalue weighted by atomic mass is 32.2. The van der Waals surface area contributed by atoms with Gasteiger partial charge in [0, 0.05) is 11.8 Å². The third-order valence-electron chi connectivity index (χ3n) is 3.52. The highest BCUT2D eigenvalue weighted by Gasteiger charge is 2.11. The Hall–Kier alpha value is -2.78. The fourth-order valence-corrected chi connectivity index (χ4v) is 3.88. The maximum absolute atomic E-state index is 12.3. The third-order valence-corrected chi connectivity index (χ3v) is 5.49. The second-order valence-electron chi connectivity index (χ2n) is 5.50. The van der Waals surface area contributed by atoms with Crippen LogP contribution in [0, 0.1) is 0 Å². The molecule has 7 nitrogen and oxygen atoms in total. The first-order valence-corrected chi connectivity index (χ1v) is 10.4. The van der Waals surface area contributed by atoms with Crippen molar-refractivity contribution in [1.82, 2.24) is 10.2 Å². The van der Waals surface area contributed by atoms with E-state index in [2.05, 4.69) is 20.8 Å². The maximum atomic E-state index is 12.3. The lowest BCUT2D eigenvalue weighted by molar-refractivity contribution is -0.113. The lowest BCUT2D eigenvalue weighted by Gasteiger charge is -2.10. The number of hydrogen-bond acceptors (Lipinski definition) is 8. The average molecular weight is 417 g/mol. The highest BCUT2D eigenvalue weighted by Crippen LogP contribution is 2.29. The normalized spacial score (nSPS) is 10.4. The summed E-state index contributed by atoms with van der Waals surface area (Å²) in [6.45, 7) is 2.44. The molecule has 2 N–H and O–H groups in total. The zero-order valence-electron chi connectivity index (χ0n) is 15.5. The van der Waals surface area contributed by atoms with E-state index >= 15 is 0 Å². The molecule has 0 saturated heterocycles. The number of ether oxygens (including phenoxy) is 2. The van der Waals surface area contributed by atoms with Crippen LogP contribution in [0.25, 0.3) is 0 Å². The van der Waals surface area contributed by atoms with Gasteiger partial charge in [0.1, 0.15) is 11.5 Å². The first kappa shape index (κ1) is 20.0. The second kappa shape index (κ2) is 9.95. The molecule has 1 heterocycles. The molecular weight excluding hydrogens is 396 g/mol. The Morgan fingerprint density at radius 1 is 1.18 bits per heavy atom. The molecule has 0 fully saturated rings. The van der Waals surface area contributed by atoms with Gasteiger partial charge in [-0.1, -0.05) is 41.3 Å². The molecule has 1 amide bonds. The third kappa shape index (κ3) is 5.61. The molecular formula is C19H20N4O3S2. The smallest absolute Gasteiger partial charge is 0.234 e. The topological polar surface area (TPSA) is 85.4 Å². The van der Waals surface area contributed by atoms with Crippen LogP contribution < -0.4 is 20.1 Å². The molecule has 3 aromatic rings. The van der Waals surface area contributed by atoms with Crippen molar-refractivity contribution in [3.05, 3.63) is 48.5 Å². The Labute approximate surface area is 171 Å². The van der Waals surface area contributed by atoms with E-state index in [1.54, 1.807) is 7.11 Å². The number of hydrogen-bond donors (Lipinski definition) is 2. The summed E-state index contributed by atoms with van der Waals surface area (Å²) >= 11 is 2.72. The minimum atomic E-state index is -0.130. The van der Waals surface area contributed by atoms with Crippen molar-refractivity contribution in [2.24, 2.45) is 0 Å². The maximum Gasteiger partial charge on any atom is 0.234 e. The quantitative estimate of drug-likeness (QED) is 0.499. The first-order chi connectivity index (χ1) is 13.7. The Morgan fingerprint density at radius 2 is 2.04 bits per heavy atom. The SMILES string of the molecule is CCOc1ccccc1NC(=O)CSc1nnc(Nc2cccc(OC)c2)s1. The van der Waals surface area contributed by atoms with Gasteiger partial charge < -0.3 is 20.1 Å². The van der Waals surface area contributed by atoms with E-state index in [0.29, 0.717) is 27.5 Å². The molecule has 0 aliphatic carbocycles. The molecule has 0 bridgehead atoms. The zero-order valence-corrected chi connectivity index (χ0v) is 17.1. The van der Waals surface area contributed by atoms with Crippen LogP contribution in [0.15, 0.2) is 52.9 Å². The van der Waals surface area contributed by atoms with Gasteiger partial charge in [0.05, 0.1) is 25.2 Å². The summed E-state index contributed by atoms with van der Waals surface area (Å²) in [5.41, 5.74) is 1.52. The van der Waals surface area contributed by atoms with Crippen molar-refractivity contribution in [3.8, 4) is 11.5 Å². The predicted molar refractivity (Wildman–Crippen MR) is 113 cm³/mol. The monoisotopic (exact) mass is 416 g/mol. The number of aromatic nitrogens is 2. The number of anilines is 3. The summed E-state index contributed by atoms with van der Waals surface area (Å²) in [6, 6.07) is 14.9. The fraction of sp³-hybridized carbons (Fsp3) is 0.211. The van der Waals surface area contributed by atoms with Crippen molar-refractivity contribution >= 4 is 45.5 Å². The highest BCUT2D eigenvalue weighted by molar-refractivity contribution is 8.01. The van der Waals surface area contributed by atoms with Gasteiger partial charge in [-0.2, -0.15) is 0 Å². The Morgan fingerprint density at radius 3 is 2.86 bits per heavy atom. The molecule has 0 unspecified atom stereocenters. The number of carbonyl (C=O) groups is 1. The van der Waals surface area contributed by atoms with Crippen molar-refractivity contribution in [3.63, 3.8) is 0 Å². The van der Waals surface area contributed by atoms with Gasteiger partial charge >= 0.3 is 0 Å². The van der Waals surface area contributed by atoms with Gasteiger partial charge in [0.25, 0.3) is 0 Å². The number of carbonyl (C=O) groups excluding carboxylic acids is 1. The fourth-order valence-electron chi connectivity index (χ4n) is 2.31. The molecule has 0 aliphatic heterocycles. The number of benzene rings is 2. The number of para-hydroxylation sites is 2. The number of amides is 1. The van der Waals surface area contributed by atoms with E-state index in [1.165, 1.54) is 23.1 Å². The summed E-state index contributed by atoms with van der Waals surface area (Å²) in [6.07, 6.45) is 0. The molecule has 1 aromatic heterocycles. The largest absolute Gasteiger partial charge is 0.497 e. The lowest BCUT2D eigenvalue weighted by Crippen LogP contribution is -2.14. The molecule has 0 saturated carbocycles. The summed E-state index contributed by atoms with van der Waals surface area (Å²) in [5, 5.41) is 14.9. The molecule has 0 atom stereocenters. The Kier molecular flexibility index (Phi) is 7.10. The first-order valence-electron chi connectivity index (χ1n) is 8.57. The molecule has 146 valence electrons.